The van der Waals surface area contributed by atoms with Gasteiger partial charge in [0.2, 0.25) is 0 Å². The molecule has 0 radical (unpaired) electrons. The van der Waals surface area contributed by atoms with Crippen LogP contribution in [0.3, 0.4) is 0 Å². The Morgan fingerprint density at radius 3 is 2.83 bits per heavy atom. The molecule has 0 spiro atoms. The van der Waals surface area contributed by atoms with Crippen LogP contribution in [0.25, 0.3) is 0 Å². The van der Waals surface area contributed by atoms with Gasteiger partial charge in [-0.3, -0.25) is 0 Å². The van der Waals surface area contributed by atoms with Crippen molar-refractivity contribution in [2.45, 2.75) is 25.3 Å². The lowest BCUT2D eigenvalue weighted by Crippen LogP contribution is -2.18. The van der Waals surface area contributed by atoms with Crippen LogP contribution in [-0.2, 0) is 15.9 Å². The van der Waals surface area contributed by atoms with Gasteiger partial charge in [0.15, 0.2) is 0 Å². The topological polar surface area (TPSA) is 44.5 Å². The van der Waals surface area contributed by atoms with E-state index < -0.39 is 0 Å². The summed E-state index contributed by atoms with van der Waals surface area (Å²) < 4.78 is 10.6. The number of rotatable bonds is 7. The molecule has 1 aromatic carbocycles. The molecule has 0 saturated carbocycles. The summed E-state index contributed by atoms with van der Waals surface area (Å²) >= 11 is 0. The number of nitrogens with two attached hydrogens (primary N) is 1. The maximum atomic E-state index is 6.28. The van der Waals surface area contributed by atoms with Gasteiger partial charge in [-0.2, -0.15) is 0 Å². The van der Waals surface area contributed by atoms with E-state index in [2.05, 4.69) is 24.3 Å². The van der Waals surface area contributed by atoms with Crippen LogP contribution >= 0.6 is 0 Å². The van der Waals surface area contributed by atoms with Crippen LogP contribution in [-0.4, -0.2) is 26.9 Å². The minimum Gasteiger partial charge on any atom is -0.385 e. The molecule has 3 nitrogen and oxygen atoms in total. The second kappa shape index (κ2) is 6.88. The summed E-state index contributed by atoms with van der Waals surface area (Å²) in [5.74, 6) is 0.532. The number of hydrogen-bond donors (Lipinski definition) is 1. The van der Waals surface area contributed by atoms with Gasteiger partial charge in [-0.1, -0.05) is 24.3 Å². The molecular formula is C15H23NO2. The van der Waals surface area contributed by atoms with Gasteiger partial charge in [-0.15, -0.1) is 0 Å². The van der Waals surface area contributed by atoms with Crippen LogP contribution in [0.5, 0.6) is 0 Å². The molecule has 1 aliphatic rings. The van der Waals surface area contributed by atoms with E-state index in [0.717, 1.165) is 39.1 Å². The maximum absolute atomic E-state index is 6.28. The van der Waals surface area contributed by atoms with Gasteiger partial charge in [-0.25, -0.2) is 0 Å². The number of methoxy groups -OCH3 is 1. The first-order valence-electron chi connectivity index (χ1n) is 6.73. The molecule has 0 aromatic heterocycles. The van der Waals surface area contributed by atoms with Crippen molar-refractivity contribution in [3.8, 4) is 0 Å². The Morgan fingerprint density at radius 2 is 2.06 bits per heavy atom. The summed E-state index contributed by atoms with van der Waals surface area (Å²) in [6.07, 6.45) is 3.11. The van der Waals surface area contributed by atoms with Crippen molar-refractivity contribution in [2.24, 2.45) is 11.7 Å². The average molecular weight is 249 g/mol. The Kier molecular flexibility index (Phi) is 5.17. The van der Waals surface area contributed by atoms with Crippen molar-refractivity contribution >= 4 is 0 Å². The highest BCUT2D eigenvalue weighted by molar-refractivity contribution is 5.35. The average Bonchev–Trinajstić information content (AvgIpc) is 2.71. The smallest absolute Gasteiger partial charge is 0.0487 e. The zero-order valence-corrected chi connectivity index (χ0v) is 11.1. The van der Waals surface area contributed by atoms with Crippen LogP contribution in [0.2, 0.25) is 0 Å². The fraction of sp³-hybridized carbons (Fsp3) is 0.600. The van der Waals surface area contributed by atoms with Crippen LogP contribution in [0.4, 0.5) is 0 Å². The highest BCUT2D eigenvalue weighted by Gasteiger charge is 2.28. The van der Waals surface area contributed by atoms with E-state index in [-0.39, 0.29) is 6.04 Å². The van der Waals surface area contributed by atoms with Crippen LogP contribution in [0.15, 0.2) is 24.3 Å². The van der Waals surface area contributed by atoms with E-state index in [4.69, 9.17) is 15.2 Å². The number of hydrogen-bond acceptors (Lipinski definition) is 3. The number of benzene rings is 1. The monoisotopic (exact) mass is 249 g/mol. The molecule has 0 aliphatic heterocycles. The molecule has 1 aliphatic carbocycles. The summed E-state index contributed by atoms with van der Waals surface area (Å²) in [7, 11) is 1.72. The van der Waals surface area contributed by atoms with Crippen molar-refractivity contribution in [3.05, 3.63) is 35.4 Å². The van der Waals surface area contributed by atoms with Crippen LogP contribution < -0.4 is 5.73 Å². The molecule has 100 valence electrons. The second-order valence-electron chi connectivity index (χ2n) is 4.94. The zero-order chi connectivity index (χ0) is 12.8. The van der Waals surface area contributed by atoms with Gasteiger partial charge in [0.05, 0.1) is 0 Å². The van der Waals surface area contributed by atoms with E-state index in [1.54, 1.807) is 7.11 Å². The fourth-order valence-corrected chi connectivity index (χ4v) is 2.63. The van der Waals surface area contributed by atoms with Gasteiger partial charge in [0, 0.05) is 33.0 Å². The fourth-order valence-electron chi connectivity index (χ4n) is 2.63. The Labute approximate surface area is 109 Å². The predicted octanol–water partition coefficient (Wildman–Crippen LogP) is 2.30. The van der Waals surface area contributed by atoms with Crippen molar-refractivity contribution in [1.82, 2.24) is 0 Å². The summed E-state index contributed by atoms with van der Waals surface area (Å²) in [6.45, 7) is 2.35. The second-order valence-corrected chi connectivity index (χ2v) is 4.94. The standard InChI is InChI=1S/C15H23NO2/c1-17-8-4-9-18-10-7-13-11-12-5-2-3-6-14(12)15(13)16/h2-3,5-6,13,15H,4,7-11,16H2,1H3. The lowest BCUT2D eigenvalue weighted by Gasteiger charge is -2.15. The number of ether oxygens (including phenoxy) is 2. The van der Waals surface area contributed by atoms with Gasteiger partial charge in [-0.05, 0) is 36.3 Å². The molecule has 2 rings (SSSR count). The van der Waals surface area contributed by atoms with E-state index >= 15 is 0 Å². The van der Waals surface area contributed by atoms with Crippen molar-refractivity contribution in [3.63, 3.8) is 0 Å². The SMILES string of the molecule is COCCCOCCC1Cc2ccccc2C1N. The summed E-state index contributed by atoms with van der Waals surface area (Å²) in [5, 5.41) is 0. The van der Waals surface area contributed by atoms with Crippen LogP contribution in [0, 0.1) is 5.92 Å². The molecule has 0 bridgehead atoms. The Balaban J connectivity index is 1.70. The van der Waals surface area contributed by atoms with Gasteiger partial charge in [0.1, 0.15) is 0 Å². The molecule has 2 unspecified atom stereocenters. The van der Waals surface area contributed by atoms with E-state index in [9.17, 15) is 0 Å². The summed E-state index contributed by atoms with van der Waals surface area (Å²) in [6, 6.07) is 8.69. The normalized spacial score (nSPS) is 22.1. The van der Waals surface area contributed by atoms with E-state index in [1.807, 2.05) is 0 Å². The largest absolute Gasteiger partial charge is 0.385 e. The Bertz CT molecular complexity index is 367. The summed E-state index contributed by atoms with van der Waals surface area (Å²) in [4.78, 5) is 0. The molecule has 0 heterocycles. The van der Waals surface area contributed by atoms with Crippen LogP contribution in [0.1, 0.15) is 30.0 Å². The molecule has 2 N–H and O–H groups in total. The Hall–Kier alpha value is -0.900. The first kappa shape index (κ1) is 13.5. The third-order valence-corrected chi connectivity index (χ3v) is 3.67. The lowest BCUT2D eigenvalue weighted by atomic mass is 9.98. The molecule has 1 aromatic rings. The first-order chi connectivity index (χ1) is 8.83. The third-order valence-electron chi connectivity index (χ3n) is 3.67. The van der Waals surface area contributed by atoms with Gasteiger partial charge >= 0.3 is 0 Å². The lowest BCUT2D eigenvalue weighted by molar-refractivity contribution is 0.0924. The van der Waals surface area contributed by atoms with Crippen molar-refractivity contribution < 1.29 is 9.47 Å². The van der Waals surface area contributed by atoms with Crippen molar-refractivity contribution in [2.75, 3.05) is 26.9 Å². The molecule has 0 saturated heterocycles. The molecule has 18 heavy (non-hydrogen) atoms. The Morgan fingerprint density at radius 1 is 1.22 bits per heavy atom. The van der Waals surface area contributed by atoms with E-state index in [1.165, 1.54) is 11.1 Å². The molecule has 2 atom stereocenters. The highest BCUT2D eigenvalue weighted by Crippen LogP contribution is 2.35. The highest BCUT2D eigenvalue weighted by atomic mass is 16.5. The predicted molar refractivity (Wildman–Crippen MR) is 72.5 cm³/mol. The third kappa shape index (κ3) is 3.31. The van der Waals surface area contributed by atoms with Gasteiger partial charge < -0.3 is 15.2 Å². The van der Waals surface area contributed by atoms with Gasteiger partial charge in [0.25, 0.3) is 0 Å². The zero-order valence-electron chi connectivity index (χ0n) is 11.1. The minimum absolute atomic E-state index is 0.184. The maximum Gasteiger partial charge on any atom is 0.0487 e. The minimum atomic E-state index is 0.184. The molecule has 0 amide bonds. The molecule has 3 heteroatoms. The van der Waals surface area contributed by atoms with E-state index in [0.29, 0.717) is 5.92 Å². The quantitative estimate of drug-likeness (QED) is 0.754. The summed E-state index contributed by atoms with van der Waals surface area (Å²) in [5.41, 5.74) is 9.01. The molecule has 0 fully saturated rings. The molecular weight excluding hydrogens is 226 g/mol. The first-order valence-corrected chi connectivity index (χ1v) is 6.73. The number of fused-ring (bicyclic) bond motifs is 1. The van der Waals surface area contributed by atoms with Crippen molar-refractivity contribution in [1.29, 1.82) is 0 Å².